The summed E-state index contributed by atoms with van der Waals surface area (Å²) >= 11 is 1.81. The van der Waals surface area contributed by atoms with Crippen LogP contribution in [-0.4, -0.2) is 18.0 Å². The quantitative estimate of drug-likeness (QED) is 0.934. The first-order valence-electron chi connectivity index (χ1n) is 6.53. The maximum Gasteiger partial charge on any atom is 0.128 e. The van der Waals surface area contributed by atoms with Gasteiger partial charge in [0.15, 0.2) is 0 Å². The molecule has 1 aliphatic heterocycles. The van der Waals surface area contributed by atoms with Gasteiger partial charge in [-0.25, -0.2) is 4.39 Å². The van der Waals surface area contributed by atoms with E-state index in [1.165, 1.54) is 16.5 Å². The molecule has 4 heteroatoms. The van der Waals surface area contributed by atoms with Crippen molar-refractivity contribution in [2.75, 3.05) is 13.1 Å². The molecule has 0 saturated heterocycles. The SMILES string of the molecule is NCC(c1ccccc1F)N1CCc2sccc2C1. The minimum Gasteiger partial charge on any atom is -0.329 e. The molecule has 2 aromatic rings. The highest BCUT2D eigenvalue weighted by Gasteiger charge is 2.25. The van der Waals surface area contributed by atoms with Crippen molar-refractivity contribution in [1.82, 2.24) is 4.90 Å². The number of hydrogen-bond donors (Lipinski definition) is 1. The summed E-state index contributed by atoms with van der Waals surface area (Å²) < 4.78 is 13.9. The van der Waals surface area contributed by atoms with Crippen LogP contribution >= 0.6 is 11.3 Å². The highest BCUT2D eigenvalue weighted by Crippen LogP contribution is 2.30. The van der Waals surface area contributed by atoms with Gasteiger partial charge in [0, 0.05) is 30.1 Å². The minimum absolute atomic E-state index is 0.0331. The lowest BCUT2D eigenvalue weighted by Crippen LogP contribution is -2.37. The third-order valence-electron chi connectivity index (χ3n) is 3.77. The Morgan fingerprint density at radius 1 is 1.32 bits per heavy atom. The van der Waals surface area contributed by atoms with Gasteiger partial charge in [-0.05, 0) is 29.5 Å². The number of halogens is 1. The molecule has 3 rings (SSSR count). The predicted molar refractivity (Wildman–Crippen MR) is 76.6 cm³/mol. The van der Waals surface area contributed by atoms with E-state index in [1.54, 1.807) is 6.07 Å². The molecule has 0 aliphatic carbocycles. The standard InChI is InChI=1S/C15H17FN2S/c16-13-4-2-1-3-12(13)14(9-17)18-7-5-15-11(10-18)6-8-19-15/h1-4,6,8,14H,5,7,9-10,17H2. The average molecular weight is 276 g/mol. The number of rotatable bonds is 3. The van der Waals surface area contributed by atoms with E-state index in [2.05, 4.69) is 16.3 Å². The van der Waals surface area contributed by atoms with Crippen LogP contribution in [0, 0.1) is 5.82 Å². The summed E-state index contributed by atoms with van der Waals surface area (Å²) in [5.41, 5.74) is 7.97. The van der Waals surface area contributed by atoms with Gasteiger partial charge in [0.2, 0.25) is 0 Å². The zero-order chi connectivity index (χ0) is 13.2. The van der Waals surface area contributed by atoms with E-state index in [-0.39, 0.29) is 11.9 Å². The van der Waals surface area contributed by atoms with Crippen molar-refractivity contribution in [3.63, 3.8) is 0 Å². The van der Waals surface area contributed by atoms with Crippen molar-refractivity contribution >= 4 is 11.3 Å². The van der Waals surface area contributed by atoms with Gasteiger partial charge in [-0.15, -0.1) is 11.3 Å². The van der Waals surface area contributed by atoms with Gasteiger partial charge < -0.3 is 5.73 Å². The molecule has 19 heavy (non-hydrogen) atoms. The normalized spacial score (nSPS) is 17.2. The Balaban J connectivity index is 1.86. The fourth-order valence-corrected chi connectivity index (χ4v) is 3.64. The van der Waals surface area contributed by atoms with Crippen LogP contribution in [0.5, 0.6) is 0 Å². The maximum absolute atomic E-state index is 13.9. The van der Waals surface area contributed by atoms with Gasteiger partial charge in [-0.3, -0.25) is 4.90 Å². The van der Waals surface area contributed by atoms with Gasteiger partial charge in [-0.2, -0.15) is 0 Å². The van der Waals surface area contributed by atoms with Crippen molar-refractivity contribution in [2.45, 2.75) is 19.0 Å². The molecule has 0 amide bonds. The molecular weight excluding hydrogens is 259 g/mol. The van der Waals surface area contributed by atoms with E-state index < -0.39 is 0 Å². The molecule has 0 fully saturated rings. The molecule has 2 nitrogen and oxygen atoms in total. The van der Waals surface area contributed by atoms with E-state index in [4.69, 9.17) is 5.73 Å². The van der Waals surface area contributed by atoms with E-state index in [1.807, 2.05) is 23.5 Å². The van der Waals surface area contributed by atoms with Gasteiger partial charge in [0.05, 0.1) is 6.04 Å². The Morgan fingerprint density at radius 2 is 2.16 bits per heavy atom. The first kappa shape index (κ1) is 12.8. The van der Waals surface area contributed by atoms with E-state index in [0.29, 0.717) is 12.1 Å². The Bertz CT molecular complexity index is 567. The van der Waals surface area contributed by atoms with Crippen molar-refractivity contribution in [1.29, 1.82) is 0 Å². The third-order valence-corrected chi connectivity index (χ3v) is 4.79. The maximum atomic E-state index is 13.9. The monoisotopic (exact) mass is 276 g/mol. The molecule has 1 aliphatic rings. The molecule has 0 spiro atoms. The molecule has 0 bridgehead atoms. The lowest BCUT2D eigenvalue weighted by molar-refractivity contribution is 0.181. The van der Waals surface area contributed by atoms with Crippen molar-refractivity contribution < 1.29 is 4.39 Å². The van der Waals surface area contributed by atoms with Crippen LogP contribution in [0.15, 0.2) is 35.7 Å². The third kappa shape index (κ3) is 2.43. The Kier molecular flexibility index (Phi) is 3.64. The fraction of sp³-hybridized carbons (Fsp3) is 0.333. The number of nitrogens with two attached hydrogens (primary N) is 1. The molecule has 0 radical (unpaired) electrons. The summed E-state index contributed by atoms with van der Waals surface area (Å²) in [4.78, 5) is 3.74. The van der Waals surface area contributed by atoms with Crippen LogP contribution in [-0.2, 0) is 13.0 Å². The first-order valence-corrected chi connectivity index (χ1v) is 7.41. The van der Waals surface area contributed by atoms with Crippen LogP contribution in [0.4, 0.5) is 4.39 Å². The number of benzene rings is 1. The summed E-state index contributed by atoms with van der Waals surface area (Å²) in [7, 11) is 0. The Labute approximate surface area is 116 Å². The van der Waals surface area contributed by atoms with Crippen LogP contribution in [0.3, 0.4) is 0 Å². The highest BCUT2D eigenvalue weighted by atomic mass is 32.1. The molecule has 100 valence electrons. The van der Waals surface area contributed by atoms with Gasteiger partial charge in [0.25, 0.3) is 0 Å². The number of hydrogen-bond acceptors (Lipinski definition) is 3. The second-order valence-corrected chi connectivity index (χ2v) is 5.86. The summed E-state index contributed by atoms with van der Waals surface area (Å²) in [5.74, 6) is -0.158. The second-order valence-electron chi connectivity index (χ2n) is 4.86. The van der Waals surface area contributed by atoms with Gasteiger partial charge in [0.1, 0.15) is 5.82 Å². The number of nitrogens with zero attached hydrogens (tertiary/aromatic N) is 1. The van der Waals surface area contributed by atoms with Crippen molar-refractivity contribution in [3.05, 3.63) is 57.5 Å². The summed E-state index contributed by atoms with van der Waals surface area (Å²) in [6.45, 7) is 2.26. The summed E-state index contributed by atoms with van der Waals surface area (Å²) in [5, 5.41) is 2.13. The summed E-state index contributed by atoms with van der Waals surface area (Å²) in [6.07, 6.45) is 1.04. The minimum atomic E-state index is -0.158. The van der Waals surface area contributed by atoms with Crippen LogP contribution < -0.4 is 5.73 Å². The zero-order valence-corrected chi connectivity index (χ0v) is 11.5. The molecule has 1 unspecified atom stereocenters. The first-order chi connectivity index (χ1) is 9.29. The predicted octanol–water partition coefficient (Wildman–Crippen LogP) is 2.95. The molecule has 2 N–H and O–H groups in total. The second kappa shape index (κ2) is 5.41. The van der Waals surface area contributed by atoms with E-state index in [9.17, 15) is 4.39 Å². The largest absolute Gasteiger partial charge is 0.329 e. The van der Waals surface area contributed by atoms with Gasteiger partial charge >= 0.3 is 0 Å². The molecule has 2 heterocycles. The number of fused-ring (bicyclic) bond motifs is 1. The van der Waals surface area contributed by atoms with Gasteiger partial charge in [-0.1, -0.05) is 18.2 Å². The highest BCUT2D eigenvalue weighted by molar-refractivity contribution is 7.10. The Hall–Kier alpha value is -1.23. The van der Waals surface area contributed by atoms with Crippen LogP contribution in [0.1, 0.15) is 22.0 Å². The number of thiophene rings is 1. The van der Waals surface area contributed by atoms with Crippen LogP contribution in [0.25, 0.3) is 0 Å². The fourth-order valence-electron chi connectivity index (χ4n) is 2.75. The molecule has 1 aromatic heterocycles. The van der Waals surface area contributed by atoms with Crippen molar-refractivity contribution in [2.24, 2.45) is 5.73 Å². The Morgan fingerprint density at radius 3 is 2.95 bits per heavy atom. The van der Waals surface area contributed by atoms with E-state index >= 15 is 0 Å². The molecular formula is C15H17FN2S. The average Bonchev–Trinajstić information content (AvgIpc) is 2.89. The zero-order valence-electron chi connectivity index (χ0n) is 10.7. The molecule has 1 aromatic carbocycles. The smallest absolute Gasteiger partial charge is 0.128 e. The van der Waals surface area contributed by atoms with E-state index in [0.717, 1.165) is 19.5 Å². The summed E-state index contributed by atoms with van der Waals surface area (Å²) in [6, 6.07) is 9.09. The molecule has 0 saturated carbocycles. The van der Waals surface area contributed by atoms with Crippen molar-refractivity contribution in [3.8, 4) is 0 Å². The lowest BCUT2D eigenvalue weighted by atomic mass is 10.0. The lowest BCUT2D eigenvalue weighted by Gasteiger charge is -2.34. The van der Waals surface area contributed by atoms with Crippen LogP contribution in [0.2, 0.25) is 0 Å². The topological polar surface area (TPSA) is 29.3 Å². The molecule has 1 atom stereocenters.